The van der Waals surface area contributed by atoms with Crippen LogP contribution in [0.1, 0.15) is 48.9 Å². The Morgan fingerprint density at radius 2 is 2.00 bits per heavy atom. The Kier molecular flexibility index (Phi) is 3.49. The molecule has 0 atom stereocenters. The lowest BCUT2D eigenvalue weighted by molar-refractivity contribution is 0.416. The average molecular weight is 257 g/mol. The van der Waals surface area contributed by atoms with Crippen molar-refractivity contribution in [2.45, 2.75) is 44.4 Å². The third-order valence-electron chi connectivity index (χ3n) is 3.77. The molecule has 4 heteroatoms. The molecule has 0 bridgehead atoms. The van der Waals surface area contributed by atoms with Gasteiger partial charge in [0.1, 0.15) is 0 Å². The number of rotatable bonds is 4. The van der Waals surface area contributed by atoms with E-state index in [0.29, 0.717) is 5.92 Å². The van der Waals surface area contributed by atoms with Gasteiger partial charge in [-0.2, -0.15) is 0 Å². The van der Waals surface area contributed by atoms with E-state index in [1.807, 2.05) is 18.2 Å². The number of nitrogens with two attached hydrogens (primary N) is 1. The van der Waals surface area contributed by atoms with Gasteiger partial charge in [0.05, 0.1) is 0 Å². The van der Waals surface area contributed by atoms with Crippen LogP contribution in [0.2, 0.25) is 0 Å². The topological polar surface area (TPSA) is 64.9 Å². The Labute approximate surface area is 113 Å². The minimum atomic E-state index is 0.494. The predicted molar refractivity (Wildman–Crippen MR) is 73.8 cm³/mol. The molecule has 1 aromatic carbocycles. The van der Waals surface area contributed by atoms with Gasteiger partial charge in [0.15, 0.2) is 0 Å². The Balaban J connectivity index is 1.61. The summed E-state index contributed by atoms with van der Waals surface area (Å²) < 4.78 is 5.77. The average Bonchev–Trinajstić information content (AvgIpc) is 3.07. The molecule has 2 aromatic rings. The molecule has 0 amide bonds. The zero-order chi connectivity index (χ0) is 13.1. The summed E-state index contributed by atoms with van der Waals surface area (Å²) >= 11 is 0. The minimum Gasteiger partial charge on any atom is -0.425 e. The van der Waals surface area contributed by atoms with E-state index < -0.39 is 0 Å². The molecule has 2 N–H and O–H groups in total. The Morgan fingerprint density at radius 1 is 1.16 bits per heavy atom. The van der Waals surface area contributed by atoms with E-state index in [-0.39, 0.29) is 0 Å². The summed E-state index contributed by atoms with van der Waals surface area (Å²) in [7, 11) is 0. The van der Waals surface area contributed by atoms with E-state index in [1.165, 1.54) is 31.2 Å². The fraction of sp³-hybridized carbons (Fsp3) is 0.467. The highest BCUT2D eigenvalue weighted by Crippen LogP contribution is 2.33. The molecule has 0 radical (unpaired) electrons. The van der Waals surface area contributed by atoms with Crippen molar-refractivity contribution < 1.29 is 4.42 Å². The highest BCUT2D eigenvalue weighted by molar-refractivity contribution is 5.40. The summed E-state index contributed by atoms with van der Waals surface area (Å²) in [5.74, 6) is 2.07. The van der Waals surface area contributed by atoms with Crippen LogP contribution in [0, 0.1) is 0 Å². The van der Waals surface area contributed by atoms with Crippen molar-refractivity contribution in [2.75, 3.05) is 5.73 Å². The van der Waals surface area contributed by atoms with E-state index in [9.17, 15) is 0 Å². The molecule has 0 saturated heterocycles. The van der Waals surface area contributed by atoms with Gasteiger partial charge in [-0.25, -0.2) is 0 Å². The van der Waals surface area contributed by atoms with Gasteiger partial charge in [-0.1, -0.05) is 25.0 Å². The first kappa shape index (κ1) is 12.2. The van der Waals surface area contributed by atoms with E-state index in [1.54, 1.807) is 0 Å². The third-order valence-corrected chi connectivity index (χ3v) is 3.77. The molecule has 0 spiro atoms. The summed E-state index contributed by atoms with van der Waals surface area (Å²) in [5, 5.41) is 8.34. The van der Waals surface area contributed by atoms with Crippen molar-refractivity contribution >= 4 is 5.69 Å². The van der Waals surface area contributed by atoms with Crippen molar-refractivity contribution in [3.63, 3.8) is 0 Å². The van der Waals surface area contributed by atoms with Crippen molar-refractivity contribution in [3.05, 3.63) is 41.6 Å². The van der Waals surface area contributed by atoms with Crippen LogP contribution >= 0.6 is 0 Å². The van der Waals surface area contributed by atoms with Crippen molar-refractivity contribution in [3.8, 4) is 0 Å². The largest absolute Gasteiger partial charge is 0.425 e. The monoisotopic (exact) mass is 257 g/mol. The Bertz CT molecular complexity index is 544. The lowest BCUT2D eigenvalue weighted by Crippen LogP contribution is -1.93. The molecule has 1 aliphatic rings. The summed E-state index contributed by atoms with van der Waals surface area (Å²) in [4.78, 5) is 0. The van der Waals surface area contributed by atoms with Gasteiger partial charge >= 0.3 is 0 Å². The van der Waals surface area contributed by atoms with Crippen molar-refractivity contribution in [1.82, 2.24) is 10.2 Å². The second-order valence-corrected chi connectivity index (χ2v) is 5.26. The molecule has 0 aliphatic heterocycles. The molecule has 1 fully saturated rings. The third kappa shape index (κ3) is 2.95. The molecule has 19 heavy (non-hydrogen) atoms. The highest BCUT2D eigenvalue weighted by Gasteiger charge is 2.22. The number of anilines is 1. The molecular formula is C15H19N3O. The van der Waals surface area contributed by atoms with Gasteiger partial charge < -0.3 is 10.2 Å². The Morgan fingerprint density at radius 3 is 2.79 bits per heavy atom. The molecule has 1 aliphatic carbocycles. The van der Waals surface area contributed by atoms with Crippen LogP contribution in [0.15, 0.2) is 28.7 Å². The number of hydrogen-bond acceptors (Lipinski definition) is 4. The van der Waals surface area contributed by atoms with E-state index in [0.717, 1.165) is 30.3 Å². The van der Waals surface area contributed by atoms with E-state index in [4.69, 9.17) is 10.2 Å². The molecule has 4 nitrogen and oxygen atoms in total. The number of nitrogens with zero attached hydrogens (tertiary/aromatic N) is 2. The SMILES string of the molecule is Nc1cccc(CCc2nnc(C3CCCC3)o2)c1. The number of nitrogen functional groups attached to an aromatic ring is 1. The normalized spacial score (nSPS) is 16.0. The smallest absolute Gasteiger partial charge is 0.219 e. The quantitative estimate of drug-likeness (QED) is 0.855. The van der Waals surface area contributed by atoms with Crippen LogP contribution in [0.25, 0.3) is 0 Å². The Hall–Kier alpha value is -1.84. The van der Waals surface area contributed by atoms with Gasteiger partial charge in [0, 0.05) is 18.0 Å². The summed E-state index contributed by atoms with van der Waals surface area (Å²) in [6.45, 7) is 0. The van der Waals surface area contributed by atoms with Crippen LogP contribution in [-0.2, 0) is 12.8 Å². The number of aryl methyl sites for hydroxylation is 2. The van der Waals surface area contributed by atoms with Gasteiger partial charge in [-0.3, -0.25) is 0 Å². The molecule has 1 aromatic heterocycles. The second-order valence-electron chi connectivity index (χ2n) is 5.26. The van der Waals surface area contributed by atoms with E-state index >= 15 is 0 Å². The van der Waals surface area contributed by atoms with Crippen LogP contribution in [-0.4, -0.2) is 10.2 Å². The number of benzene rings is 1. The van der Waals surface area contributed by atoms with Crippen LogP contribution in [0.4, 0.5) is 5.69 Å². The maximum Gasteiger partial charge on any atom is 0.219 e. The van der Waals surface area contributed by atoms with E-state index in [2.05, 4.69) is 16.3 Å². The zero-order valence-electron chi connectivity index (χ0n) is 11.0. The van der Waals surface area contributed by atoms with Crippen LogP contribution in [0.5, 0.6) is 0 Å². The molecule has 1 heterocycles. The summed E-state index contributed by atoms with van der Waals surface area (Å²) in [5.41, 5.74) is 7.77. The lowest BCUT2D eigenvalue weighted by Gasteiger charge is -2.01. The molecule has 1 saturated carbocycles. The predicted octanol–water partition coefficient (Wildman–Crippen LogP) is 3.09. The summed E-state index contributed by atoms with van der Waals surface area (Å²) in [6, 6.07) is 7.94. The van der Waals surface area contributed by atoms with Gasteiger partial charge in [-0.15, -0.1) is 10.2 Å². The second kappa shape index (κ2) is 5.43. The van der Waals surface area contributed by atoms with Gasteiger partial charge in [0.25, 0.3) is 0 Å². The zero-order valence-corrected chi connectivity index (χ0v) is 11.0. The fourth-order valence-corrected chi connectivity index (χ4v) is 2.71. The molecule has 100 valence electrons. The first-order chi connectivity index (χ1) is 9.31. The summed E-state index contributed by atoms with van der Waals surface area (Å²) in [6.07, 6.45) is 6.62. The minimum absolute atomic E-state index is 0.494. The maximum absolute atomic E-state index is 5.77. The standard InChI is InChI=1S/C15H19N3O/c16-13-7-3-4-11(10-13)8-9-14-17-18-15(19-14)12-5-1-2-6-12/h3-4,7,10,12H,1-2,5-6,8-9,16H2. The van der Waals surface area contributed by atoms with Gasteiger partial charge in [0.2, 0.25) is 11.8 Å². The lowest BCUT2D eigenvalue weighted by atomic mass is 10.1. The number of hydrogen-bond donors (Lipinski definition) is 1. The van der Waals surface area contributed by atoms with Crippen molar-refractivity contribution in [2.24, 2.45) is 0 Å². The fourth-order valence-electron chi connectivity index (χ4n) is 2.71. The molecule has 3 rings (SSSR count). The molecular weight excluding hydrogens is 238 g/mol. The van der Waals surface area contributed by atoms with Crippen LogP contribution in [0.3, 0.4) is 0 Å². The first-order valence-corrected chi connectivity index (χ1v) is 6.98. The van der Waals surface area contributed by atoms with Crippen LogP contribution < -0.4 is 5.73 Å². The molecule has 0 unspecified atom stereocenters. The number of aromatic nitrogens is 2. The van der Waals surface area contributed by atoms with Crippen molar-refractivity contribution in [1.29, 1.82) is 0 Å². The van der Waals surface area contributed by atoms with Gasteiger partial charge in [-0.05, 0) is 37.0 Å². The first-order valence-electron chi connectivity index (χ1n) is 6.98. The maximum atomic E-state index is 5.77. The highest BCUT2D eigenvalue weighted by atomic mass is 16.4.